The number of alkyl halides is 1. The van der Waals surface area contributed by atoms with Crippen LogP contribution in [0, 0.1) is 0 Å². The molecule has 0 aromatic carbocycles. The van der Waals surface area contributed by atoms with E-state index in [2.05, 4.69) is 20.4 Å². The van der Waals surface area contributed by atoms with E-state index in [9.17, 15) is 28.9 Å². The van der Waals surface area contributed by atoms with Gasteiger partial charge in [0.2, 0.25) is 0 Å². The fourth-order valence-electron chi connectivity index (χ4n) is 2.32. The Labute approximate surface area is 163 Å². The predicted octanol–water partition coefficient (Wildman–Crippen LogP) is -0.780. The molecule has 1 aliphatic rings. The van der Waals surface area contributed by atoms with Crippen molar-refractivity contribution < 1.29 is 47.0 Å². The topological polar surface area (TPSA) is 193 Å². The highest BCUT2D eigenvalue weighted by atomic mass is 32.5. The highest BCUT2D eigenvalue weighted by Crippen LogP contribution is 2.59. The summed E-state index contributed by atoms with van der Waals surface area (Å²) in [5.41, 5.74) is -4.18. The third-order valence-electron chi connectivity index (χ3n) is 3.54. The zero-order valence-electron chi connectivity index (χ0n) is 13.9. The first kappa shape index (κ1) is 24.0. The first-order valence-corrected chi connectivity index (χ1v) is 12.1. The second kappa shape index (κ2) is 9.27. The molecular weight excluding hydrogens is 468 g/mol. The molecule has 0 spiro atoms. The summed E-state index contributed by atoms with van der Waals surface area (Å²) in [6, 6.07) is 0.957. The third kappa shape index (κ3) is 5.89. The molecule has 1 fully saturated rings. The number of hydrogen-bond donors (Lipinski definition) is 6. The van der Waals surface area contributed by atoms with Crippen LogP contribution in [-0.4, -0.2) is 58.7 Å². The van der Waals surface area contributed by atoms with Gasteiger partial charge in [0, 0.05) is 12.3 Å². The monoisotopic (exact) mass is 484 g/mol. The van der Waals surface area contributed by atoms with E-state index in [0.29, 0.717) is 0 Å². The number of aromatic nitrogens is 2. The number of halogens is 1. The lowest BCUT2D eigenvalue weighted by Crippen LogP contribution is -2.43. The van der Waals surface area contributed by atoms with Crippen LogP contribution in [0.25, 0.3) is 0 Å². The quantitative estimate of drug-likeness (QED) is 0.253. The number of aliphatic hydroxyl groups excluding tert-OH is 1. The number of ether oxygens (including phenoxy) is 1. The molecule has 2 rings (SSSR count). The summed E-state index contributed by atoms with van der Waals surface area (Å²) in [6.07, 6.45) is -3.91. The lowest BCUT2D eigenvalue weighted by atomic mass is 9.98. The Bertz CT molecular complexity index is 850. The van der Waals surface area contributed by atoms with Gasteiger partial charge in [-0.2, -0.15) is 0 Å². The van der Waals surface area contributed by atoms with Gasteiger partial charge in [-0.05, 0) is 18.7 Å². The second-order valence-corrected chi connectivity index (χ2v) is 10.4. The summed E-state index contributed by atoms with van der Waals surface area (Å²) in [5.74, 6) is 0. The molecule has 0 radical (unpaired) electrons. The zero-order valence-corrected chi connectivity index (χ0v) is 17.4. The maximum atomic E-state index is 15.0. The highest BCUT2D eigenvalue weighted by Gasteiger charge is 2.55. The zero-order chi connectivity index (χ0) is 21.3. The van der Waals surface area contributed by atoms with Gasteiger partial charge < -0.3 is 33.9 Å². The van der Waals surface area contributed by atoms with Crippen LogP contribution in [0.3, 0.4) is 0 Å². The standard InChI is InChI=1S/C10H16FN2O11P3S/c1-10(11)7(15)5(4-21-27(20,28)24-26(19)23-25(17)18)22-8(10)13-3-2-6(14)12-9(13)16/h2-3,5,7-8,15,17-19H,4H2,1H3,(H,20,28)(H,12,14,16). The molecular formula is C10H16FN2O11P3S. The highest BCUT2D eigenvalue weighted by molar-refractivity contribution is 8.08. The minimum Gasteiger partial charge on any atom is -0.387 e. The van der Waals surface area contributed by atoms with Crippen molar-refractivity contribution in [2.75, 3.05) is 6.61 Å². The minimum atomic E-state index is -4.19. The predicted molar refractivity (Wildman–Crippen MR) is 95.9 cm³/mol. The Morgan fingerprint density at radius 2 is 2.11 bits per heavy atom. The van der Waals surface area contributed by atoms with Gasteiger partial charge in [0.25, 0.3) is 5.56 Å². The van der Waals surface area contributed by atoms with Crippen molar-refractivity contribution in [2.24, 2.45) is 0 Å². The van der Waals surface area contributed by atoms with E-state index >= 15 is 0 Å². The molecule has 0 bridgehead atoms. The van der Waals surface area contributed by atoms with Crippen LogP contribution in [0.1, 0.15) is 13.2 Å². The molecule has 0 aliphatic carbocycles. The van der Waals surface area contributed by atoms with Crippen LogP contribution in [0.4, 0.5) is 4.39 Å². The van der Waals surface area contributed by atoms with Gasteiger partial charge in [0.05, 0.1) is 6.61 Å². The van der Waals surface area contributed by atoms with Gasteiger partial charge in [0.1, 0.15) is 12.2 Å². The molecule has 6 N–H and O–H groups in total. The Kier molecular flexibility index (Phi) is 7.96. The Morgan fingerprint density at radius 3 is 2.68 bits per heavy atom. The van der Waals surface area contributed by atoms with E-state index in [1.165, 1.54) is 0 Å². The molecule has 1 aliphatic heterocycles. The number of aliphatic hydroxyl groups is 1. The maximum Gasteiger partial charge on any atom is 0.344 e. The molecule has 13 nitrogen and oxygen atoms in total. The van der Waals surface area contributed by atoms with Crippen LogP contribution in [0.2, 0.25) is 0 Å². The van der Waals surface area contributed by atoms with Crippen molar-refractivity contribution in [1.29, 1.82) is 0 Å². The van der Waals surface area contributed by atoms with Gasteiger partial charge in [0.15, 0.2) is 11.9 Å². The molecule has 0 amide bonds. The Morgan fingerprint density at radius 1 is 1.46 bits per heavy atom. The third-order valence-corrected chi connectivity index (χ3v) is 7.46. The fourth-order valence-corrected chi connectivity index (χ4v) is 5.13. The smallest absolute Gasteiger partial charge is 0.344 e. The summed E-state index contributed by atoms with van der Waals surface area (Å²) < 4.78 is 34.4. The average Bonchev–Trinajstić information content (AvgIpc) is 2.75. The molecule has 1 aromatic rings. The van der Waals surface area contributed by atoms with Gasteiger partial charge in [-0.15, -0.1) is 0 Å². The molecule has 6 unspecified atom stereocenters. The molecule has 0 saturated carbocycles. The van der Waals surface area contributed by atoms with Gasteiger partial charge in [-0.25, -0.2) is 17.8 Å². The van der Waals surface area contributed by atoms with Gasteiger partial charge in [-0.3, -0.25) is 14.3 Å². The average molecular weight is 484 g/mol. The molecule has 18 heteroatoms. The fraction of sp³-hybridized carbons (Fsp3) is 0.600. The molecule has 28 heavy (non-hydrogen) atoms. The minimum absolute atomic E-state index is 0.709. The molecule has 2 heterocycles. The number of H-pyrrole nitrogens is 1. The second-order valence-electron chi connectivity index (χ2n) is 5.56. The Balaban J connectivity index is 2.08. The van der Waals surface area contributed by atoms with Crippen LogP contribution in [-0.2, 0) is 29.7 Å². The van der Waals surface area contributed by atoms with E-state index in [-0.39, 0.29) is 0 Å². The summed E-state index contributed by atoms with van der Waals surface area (Å²) in [6.45, 7) is -3.94. The number of hydrogen-bond acceptors (Lipinski definition) is 11. The van der Waals surface area contributed by atoms with Crippen molar-refractivity contribution in [3.05, 3.63) is 33.1 Å². The number of rotatable bonds is 8. The number of nitrogens with zero attached hydrogens (tertiary/aromatic N) is 1. The Hall–Kier alpha value is -0.240. The van der Waals surface area contributed by atoms with E-state index < -0.39 is 65.9 Å². The lowest BCUT2D eigenvalue weighted by Gasteiger charge is -2.24. The van der Waals surface area contributed by atoms with Crippen LogP contribution in [0.15, 0.2) is 21.9 Å². The lowest BCUT2D eigenvalue weighted by molar-refractivity contribution is -0.0593. The first-order chi connectivity index (χ1) is 12.8. The normalized spacial score (nSPS) is 31.1. The molecule has 160 valence electrons. The molecule has 1 aromatic heterocycles. The molecule has 1 saturated heterocycles. The number of aromatic amines is 1. The summed E-state index contributed by atoms with van der Waals surface area (Å²) in [7, 11) is -5.95. The van der Waals surface area contributed by atoms with Crippen LogP contribution in [0.5, 0.6) is 0 Å². The van der Waals surface area contributed by atoms with Crippen molar-refractivity contribution in [2.45, 2.75) is 31.0 Å². The van der Waals surface area contributed by atoms with E-state index in [4.69, 9.17) is 19.0 Å². The van der Waals surface area contributed by atoms with E-state index in [1.54, 1.807) is 0 Å². The van der Waals surface area contributed by atoms with Gasteiger partial charge >= 0.3 is 29.6 Å². The van der Waals surface area contributed by atoms with Crippen molar-refractivity contribution >= 4 is 35.7 Å². The van der Waals surface area contributed by atoms with E-state index in [0.717, 1.165) is 23.8 Å². The number of nitrogens with one attached hydrogen (secondary N) is 1. The summed E-state index contributed by atoms with van der Waals surface area (Å²) in [5, 5.41) is 10.1. The van der Waals surface area contributed by atoms with Crippen LogP contribution < -0.4 is 11.2 Å². The summed E-state index contributed by atoms with van der Waals surface area (Å²) >= 11 is 4.58. The maximum absolute atomic E-state index is 15.0. The SMILES string of the molecule is CC1(F)C(O)C(COP(O)(=S)OP(O)OP(O)O)OC1n1ccc(=O)[nH]c1=O. The molecule has 6 atom stereocenters. The van der Waals surface area contributed by atoms with Crippen molar-refractivity contribution in [3.63, 3.8) is 0 Å². The van der Waals surface area contributed by atoms with Crippen LogP contribution >= 0.6 is 23.9 Å². The van der Waals surface area contributed by atoms with Gasteiger partial charge in [-0.1, -0.05) is 0 Å². The largest absolute Gasteiger partial charge is 0.387 e. The van der Waals surface area contributed by atoms with E-state index in [1.807, 2.05) is 4.98 Å². The van der Waals surface area contributed by atoms with Crippen molar-refractivity contribution in [3.8, 4) is 0 Å². The summed E-state index contributed by atoms with van der Waals surface area (Å²) in [4.78, 5) is 61.1. The van der Waals surface area contributed by atoms with Crippen molar-refractivity contribution in [1.82, 2.24) is 9.55 Å². The first-order valence-electron chi connectivity index (χ1n) is 7.19.